The van der Waals surface area contributed by atoms with Crippen molar-refractivity contribution in [3.05, 3.63) is 24.0 Å². The first-order valence-corrected chi connectivity index (χ1v) is 6.20. The molecule has 0 aliphatic rings. The average Bonchev–Trinajstić information content (AvgIpc) is 2.32. The zero-order valence-corrected chi connectivity index (χ0v) is 11.5. The third kappa shape index (κ3) is 4.53. The number of nitrogens with one attached hydrogen (secondary N) is 1. The number of ether oxygens (including phenoxy) is 2. The van der Waals surface area contributed by atoms with Gasteiger partial charge in [0.2, 0.25) is 0 Å². The van der Waals surface area contributed by atoms with Crippen molar-refractivity contribution in [1.82, 2.24) is 0 Å². The molecule has 0 atom stereocenters. The van der Waals surface area contributed by atoms with E-state index in [1.54, 1.807) is 13.2 Å². The van der Waals surface area contributed by atoms with Crippen LogP contribution in [-0.4, -0.2) is 25.9 Å². The molecule has 0 fully saturated rings. The van der Waals surface area contributed by atoms with Crippen molar-refractivity contribution in [3.63, 3.8) is 0 Å². The second-order valence-corrected chi connectivity index (χ2v) is 4.71. The van der Waals surface area contributed by atoms with Crippen LogP contribution in [0, 0.1) is 5.82 Å². The van der Waals surface area contributed by atoms with Crippen LogP contribution in [0.3, 0.4) is 0 Å². The predicted molar refractivity (Wildman–Crippen MR) is 71.8 cm³/mol. The van der Waals surface area contributed by atoms with Gasteiger partial charge in [0.25, 0.3) is 0 Å². The van der Waals surface area contributed by atoms with Gasteiger partial charge in [-0.1, -0.05) is 0 Å². The van der Waals surface area contributed by atoms with Crippen LogP contribution in [0.4, 0.5) is 10.1 Å². The molecule has 0 aliphatic carbocycles. The largest absolute Gasteiger partial charge is 0.492 e. The first-order valence-electron chi connectivity index (χ1n) is 6.20. The third-order valence-electron chi connectivity index (χ3n) is 2.84. The Hall–Kier alpha value is -1.29. The van der Waals surface area contributed by atoms with Gasteiger partial charge in [0.15, 0.2) is 0 Å². The molecule has 1 N–H and O–H groups in total. The molecule has 102 valence electrons. The van der Waals surface area contributed by atoms with Crippen LogP contribution >= 0.6 is 0 Å². The molecular weight excluding hydrogens is 233 g/mol. The Morgan fingerprint density at radius 2 is 2.06 bits per heavy atom. The fourth-order valence-electron chi connectivity index (χ4n) is 1.52. The number of benzene rings is 1. The van der Waals surface area contributed by atoms with Crippen molar-refractivity contribution < 1.29 is 13.9 Å². The lowest BCUT2D eigenvalue weighted by molar-refractivity contribution is 0.0185. The van der Waals surface area contributed by atoms with E-state index in [1.807, 2.05) is 20.8 Å². The second kappa shape index (κ2) is 6.59. The van der Waals surface area contributed by atoms with Gasteiger partial charge >= 0.3 is 0 Å². The number of hydrogen-bond acceptors (Lipinski definition) is 3. The number of anilines is 1. The minimum absolute atomic E-state index is 0.168. The van der Waals surface area contributed by atoms with Gasteiger partial charge in [-0.25, -0.2) is 4.39 Å². The lowest BCUT2D eigenvalue weighted by atomic mass is 10.1. The van der Waals surface area contributed by atoms with Gasteiger partial charge < -0.3 is 14.8 Å². The molecule has 18 heavy (non-hydrogen) atoms. The highest BCUT2D eigenvalue weighted by Gasteiger charge is 2.15. The summed E-state index contributed by atoms with van der Waals surface area (Å²) >= 11 is 0. The highest BCUT2D eigenvalue weighted by molar-refractivity contribution is 5.56. The third-order valence-corrected chi connectivity index (χ3v) is 2.84. The topological polar surface area (TPSA) is 30.5 Å². The van der Waals surface area contributed by atoms with Crippen molar-refractivity contribution in [1.29, 1.82) is 0 Å². The van der Waals surface area contributed by atoms with E-state index in [0.29, 0.717) is 12.4 Å². The molecule has 0 unspecified atom stereocenters. The molecule has 0 saturated heterocycles. The maximum Gasteiger partial charge on any atom is 0.145 e. The number of methoxy groups -OCH3 is 1. The maximum absolute atomic E-state index is 13.1. The Kier molecular flexibility index (Phi) is 5.41. The Bertz CT molecular complexity index is 380. The minimum Gasteiger partial charge on any atom is -0.492 e. The highest BCUT2D eigenvalue weighted by atomic mass is 19.1. The predicted octanol–water partition coefficient (Wildman–Crippen LogP) is 3.45. The Morgan fingerprint density at radius 1 is 1.33 bits per heavy atom. The first-order chi connectivity index (χ1) is 8.48. The van der Waals surface area contributed by atoms with E-state index >= 15 is 0 Å². The van der Waals surface area contributed by atoms with Crippen LogP contribution in [0.2, 0.25) is 0 Å². The zero-order valence-electron chi connectivity index (χ0n) is 11.5. The van der Waals surface area contributed by atoms with Gasteiger partial charge in [-0.2, -0.15) is 0 Å². The fraction of sp³-hybridized carbons (Fsp3) is 0.571. The quantitative estimate of drug-likeness (QED) is 0.809. The van der Waals surface area contributed by atoms with Gasteiger partial charge in [-0.05, 0) is 39.3 Å². The van der Waals surface area contributed by atoms with Crippen molar-refractivity contribution in [2.45, 2.75) is 32.8 Å². The summed E-state index contributed by atoms with van der Waals surface area (Å²) in [4.78, 5) is 0. The van der Waals surface area contributed by atoms with E-state index in [9.17, 15) is 4.39 Å². The van der Waals surface area contributed by atoms with E-state index < -0.39 is 0 Å². The van der Waals surface area contributed by atoms with E-state index in [-0.39, 0.29) is 11.4 Å². The molecule has 4 heteroatoms. The summed E-state index contributed by atoms with van der Waals surface area (Å²) in [7, 11) is 1.70. The highest BCUT2D eigenvalue weighted by Crippen LogP contribution is 2.26. The summed E-state index contributed by atoms with van der Waals surface area (Å²) in [6.45, 7) is 7.20. The smallest absolute Gasteiger partial charge is 0.145 e. The molecule has 1 aromatic carbocycles. The molecule has 0 aromatic heterocycles. The summed E-state index contributed by atoms with van der Waals surface area (Å²) < 4.78 is 23.8. The van der Waals surface area contributed by atoms with Crippen molar-refractivity contribution in [3.8, 4) is 5.75 Å². The van der Waals surface area contributed by atoms with Crippen LogP contribution < -0.4 is 10.1 Å². The molecule has 3 nitrogen and oxygen atoms in total. The van der Waals surface area contributed by atoms with Crippen LogP contribution in [0.1, 0.15) is 27.2 Å². The lowest BCUT2D eigenvalue weighted by Crippen LogP contribution is -2.25. The van der Waals surface area contributed by atoms with Gasteiger partial charge in [0.1, 0.15) is 11.6 Å². The summed E-state index contributed by atoms with van der Waals surface area (Å²) in [6.07, 6.45) is 0.854. The normalized spacial score (nSPS) is 11.4. The van der Waals surface area contributed by atoms with Crippen LogP contribution in [-0.2, 0) is 4.74 Å². The van der Waals surface area contributed by atoms with Crippen LogP contribution in [0.15, 0.2) is 18.2 Å². The molecule has 0 radical (unpaired) electrons. The molecule has 0 bridgehead atoms. The van der Waals surface area contributed by atoms with Crippen LogP contribution in [0.25, 0.3) is 0 Å². The number of halogens is 1. The van der Waals surface area contributed by atoms with Crippen LogP contribution in [0.5, 0.6) is 5.75 Å². The summed E-state index contributed by atoms with van der Waals surface area (Å²) in [5.74, 6) is 0.258. The van der Waals surface area contributed by atoms with Crippen molar-refractivity contribution >= 4 is 5.69 Å². The standard InChI is InChI=1S/C14H22FNO2/c1-5-18-13-10-11(15)6-7-12(13)16-9-8-14(2,3)17-4/h6-7,10,16H,5,8-9H2,1-4H3. The molecular formula is C14H22FNO2. The molecule has 1 aromatic rings. The Morgan fingerprint density at radius 3 is 2.67 bits per heavy atom. The Labute approximate surface area is 108 Å². The molecule has 0 heterocycles. The number of rotatable bonds is 7. The first kappa shape index (κ1) is 14.8. The zero-order chi connectivity index (χ0) is 13.6. The monoisotopic (exact) mass is 255 g/mol. The van der Waals surface area contributed by atoms with Gasteiger partial charge in [0, 0.05) is 19.7 Å². The fourth-order valence-corrected chi connectivity index (χ4v) is 1.52. The van der Waals surface area contributed by atoms with E-state index in [0.717, 1.165) is 18.7 Å². The SMILES string of the molecule is CCOc1cc(F)ccc1NCCC(C)(C)OC. The molecule has 0 amide bonds. The Balaban J connectivity index is 2.61. The molecule has 1 rings (SSSR count). The average molecular weight is 255 g/mol. The van der Waals surface area contributed by atoms with Gasteiger partial charge in [-0.3, -0.25) is 0 Å². The minimum atomic E-state index is -0.291. The van der Waals surface area contributed by atoms with Gasteiger partial charge in [-0.15, -0.1) is 0 Å². The summed E-state index contributed by atoms with van der Waals surface area (Å²) in [6, 6.07) is 4.51. The van der Waals surface area contributed by atoms with E-state index in [2.05, 4.69) is 5.32 Å². The van der Waals surface area contributed by atoms with E-state index in [1.165, 1.54) is 12.1 Å². The molecule has 0 saturated carbocycles. The van der Waals surface area contributed by atoms with Crippen molar-refractivity contribution in [2.75, 3.05) is 25.6 Å². The summed E-state index contributed by atoms with van der Waals surface area (Å²) in [5, 5.41) is 3.24. The van der Waals surface area contributed by atoms with Gasteiger partial charge in [0.05, 0.1) is 17.9 Å². The maximum atomic E-state index is 13.1. The summed E-state index contributed by atoms with van der Waals surface area (Å²) in [5.41, 5.74) is 0.642. The van der Waals surface area contributed by atoms with Crippen molar-refractivity contribution in [2.24, 2.45) is 0 Å². The lowest BCUT2D eigenvalue weighted by Gasteiger charge is -2.23. The number of hydrogen-bond donors (Lipinski definition) is 1. The molecule has 0 spiro atoms. The molecule has 0 aliphatic heterocycles. The second-order valence-electron chi connectivity index (χ2n) is 4.71. The van der Waals surface area contributed by atoms with E-state index in [4.69, 9.17) is 9.47 Å².